The molecule has 0 saturated carbocycles. The van der Waals surface area contributed by atoms with Gasteiger partial charge in [-0.2, -0.15) is 0 Å². The molecule has 2 N–H and O–H groups in total. The number of amides is 1. The number of fused-ring (bicyclic) bond motifs is 1. The van der Waals surface area contributed by atoms with Gasteiger partial charge in [0.25, 0.3) is 5.91 Å². The molecule has 3 rings (SSSR count). The third kappa shape index (κ3) is 2.25. The van der Waals surface area contributed by atoms with Crippen LogP contribution in [0, 0.1) is 6.92 Å². The minimum atomic E-state index is 0.00155. The van der Waals surface area contributed by atoms with Crippen LogP contribution >= 0.6 is 11.6 Å². The van der Waals surface area contributed by atoms with Crippen molar-refractivity contribution in [1.82, 2.24) is 4.90 Å². The van der Waals surface area contributed by atoms with E-state index in [1.165, 1.54) is 0 Å². The molecular weight excluding hydrogens is 272 g/mol. The molecule has 2 aromatic rings. The van der Waals surface area contributed by atoms with Crippen LogP contribution < -0.4 is 5.73 Å². The average Bonchev–Trinajstić information content (AvgIpc) is 2.84. The van der Waals surface area contributed by atoms with Crippen LogP contribution in [-0.2, 0) is 13.1 Å². The first kappa shape index (κ1) is 13.0. The number of halogens is 1. The van der Waals surface area contributed by atoms with Crippen molar-refractivity contribution in [3.63, 3.8) is 0 Å². The largest absolute Gasteiger partial charge is 0.399 e. The van der Waals surface area contributed by atoms with Gasteiger partial charge < -0.3 is 10.6 Å². The molecule has 0 spiro atoms. The van der Waals surface area contributed by atoms with Crippen molar-refractivity contribution in [3.8, 4) is 0 Å². The Hall–Kier alpha value is -2.00. The lowest BCUT2D eigenvalue weighted by Crippen LogP contribution is -2.25. The number of hydrogen-bond acceptors (Lipinski definition) is 2. The Labute approximate surface area is 123 Å². The van der Waals surface area contributed by atoms with Gasteiger partial charge in [-0.3, -0.25) is 4.79 Å². The van der Waals surface area contributed by atoms with E-state index in [1.54, 1.807) is 6.07 Å². The standard InChI is InChI=1S/C16H15ClN2O/c1-10-2-3-11(7-15(10)17)16(20)19-8-12-4-5-14(18)6-13(12)9-19/h2-7H,8-9,18H2,1H3. The van der Waals surface area contributed by atoms with E-state index in [4.69, 9.17) is 17.3 Å². The smallest absolute Gasteiger partial charge is 0.254 e. The minimum Gasteiger partial charge on any atom is -0.399 e. The van der Waals surface area contributed by atoms with Gasteiger partial charge in [-0.1, -0.05) is 23.7 Å². The number of carbonyl (C=O) groups is 1. The Morgan fingerprint density at radius 1 is 1.15 bits per heavy atom. The van der Waals surface area contributed by atoms with Crippen LogP contribution in [0.2, 0.25) is 5.02 Å². The number of nitrogens with zero attached hydrogens (tertiary/aromatic N) is 1. The van der Waals surface area contributed by atoms with E-state index in [1.807, 2.05) is 42.2 Å². The van der Waals surface area contributed by atoms with Crippen LogP contribution in [0.3, 0.4) is 0 Å². The Kier molecular flexibility index (Phi) is 3.14. The fraction of sp³-hybridized carbons (Fsp3) is 0.188. The monoisotopic (exact) mass is 286 g/mol. The van der Waals surface area contributed by atoms with Gasteiger partial charge in [0.2, 0.25) is 0 Å². The quantitative estimate of drug-likeness (QED) is 0.817. The zero-order valence-electron chi connectivity index (χ0n) is 11.2. The molecule has 102 valence electrons. The lowest BCUT2D eigenvalue weighted by molar-refractivity contribution is 0.0751. The third-order valence-electron chi connectivity index (χ3n) is 3.66. The Morgan fingerprint density at radius 3 is 2.65 bits per heavy atom. The Morgan fingerprint density at radius 2 is 1.90 bits per heavy atom. The maximum Gasteiger partial charge on any atom is 0.254 e. The van der Waals surface area contributed by atoms with Crippen molar-refractivity contribution in [2.75, 3.05) is 5.73 Å². The Bertz CT molecular complexity index is 697. The molecule has 1 heterocycles. The van der Waals surface area contributed by atoms with Crippen molar-refractivity contribution < 1.29 is 4.79 Å². The van der Waals surface area contributed by atoms with E-state index in [0.29, 0.717) is 23.7 Å². The third-order valence-corrected chi connectivity index (χ3v) is 4.07. The second-order valence-corrected chi connectivity index (χ2v) is 5.56. The fourth-order valence-electron chi connectivity index (χ4n) is 2.47. The summed E-state index contributed by atoms with van der Waals surface area (Å²) in [6.07, 6.45) is 0. The first-order valence-corrected chi connectivity index (χ1v) is 6.85. The van der Waals surface area contributed by atoms with E-state index in [9.17, 15) is 4.79 Å². The summed E-state index contributed by atoms with van der Waals surface area (Å²) in [4.78, 5) is 14.3. The SMILES string of the molecule is Cc1ccc(C(=O)N2Cc3ccc(N)cc3C2)cc1Cl. The van der Waals surface area contributed by atoms with Gasteiger partial charge in [0, 0.05) is 29.4 Å². The lowest BCUT2D eigenvalue weighted by Gasteiger charge is -2.15. The zero-order chi connectivity index (χ0) is 14.3. The maximum atomic E-state index is 12.5. The predicted octanol–water partition coefficient (Wildman–Crippen LogP) is 3.39. The summed E-state index contributed by atoms with van der Waals surface area (Å²) in [6.45, 7) is 3.15. The maximum absolute atomic E-state index is 12.5. The van der Waals surface area contributed by atoms with Crippen LogP contribution in [0.4, 0.5) is 5.69 Å². The summed E-state index contributed by atoms with van der Waals surface area (Å²) in [5.41, 5.74) is 10.4. The molecule has 1 aliphatic rings. The molecule has 3 nitrogen and oxygen atoms in total. The zero-order valence-corrected chi connectivity index (χ0v) is 11.9. The summed E-state index contributed by atoms with van der Waals surface area (Å²) in [5.74, 6) is 0.00155. The van der Waals surface area contributed by atoms with Gasteiger partial charge in [-0.05, 0) is 47.9 Å². The van der Waals surface area contributed by atoms with Crippen LogP contribution in [0.5, 0.6) is 0 Å². The molecule has 2 aromatic carbocycles. The van der Waals surface area contributed by atoms with Gasteiger partial charge >= 0.3 is 0 Å². The van der Waals surface area contributed by atoms with Crippen molar-refractivity contribution in [3.05, 3.63) is 63.7 Å². The normalized spacial score (nSPS) is 13.4. The van der Waals surface area contributed by atoms with Gasteiger partial charge in [-0.25, -0.2) is 0 Å². The second kappa shape index (κ2) is 4.84. The van der Waals surface area contributed by atoms with E-state index in [2.05, 4.69) is 0 Å². The number of anilines is 1. The summed E-state index contributed by atoms with van der Waals surface area (Å²) < 4.78 is 0. The van der Waals surface area contributed by atoms with E-state index < -0.39 is 0 Å². The summed E-state index contributed by atoms with van der Waals surface area (Å²) in [6, 6.07) is 11.2. The molecule has 0 bridgehead atoms. The average molecular weight is 287 g/mol. The van der Waals surface area contributed by atoms with Crippen LogP contribution in [0.1, 0.15) is 27.0 Å². The number of carbonyl (C=O) groups excluding carboxylic acids is 1. The van der Waals surface area contributed by atoms with Crippen molar-refractivity contribution in [2.45, 2.75) is 20.0 Å². The van der Waals surface area contributed by atoms with Crippen molar-refractivity contribution in [2.24, 2.45) is 0 Å². The summed E-state index contributed by atoms with van der Waals surface area (Å²) in [5, 5.41) is 0.622. The lowest BCUT2D eigenvalue weighted by atomic mass is 10.1. The van der Waals surface area contributed by atoms with E-state index >= 15 is 0 Å². The van der Waals surface area contributed by atoms with Gasteiger partial charge in [-0.15, -0.1) is 0 Å². The molecule has 1 aliphatic heterocycles. The van der Waals surface area contributed by atoms with Gasteiger partial charge in [0.15, 0.2) is 0 Å². The van der Waals surface area contributed by atoms with Gasteiger partial charge in [0.05, 0.1) is 0 Å². The molecule has 0 unspecified atom stereocenters. The Balaban J connectivity index is 1.85. The van der Waals surface area contributed by atoms with Crippen molar-refractivity contribution >= 4 is 23.2 Å². The highest BCUT2D eigenvalue weighted by molar-refractivity contribution is 6.31. The molecule has 20 heavy (non-hydrogen) atoms. The van der Waals surface area contributed by atoms with Crippen LogP contribution in [-0.4, -0.2) is 10.8 Å². The summed E-state index contributed by atoms with van der Waals surface area (Å²) in [7, 11) is 0. The topological polar surface area (TPSA) is 46.3 Å². The fourth-order valence-corrected chi connectivity index (χ4v) is 2.65. The number of aryl methyl sites for hydroxylation is 1. The van der Waals surface area contributed by atoms with Crippen LogP contribution in [0.25, 0.3) is 0 Å². The molecule has 0 aliphatic carbocycles. The highest BCUT2D eigenvalue weighted by atomic mass is 35.5. The van der Waals surface area contributed by atoms with Crippen LogP contribution in [0.15, 0.2) is 36.4 Å². The first-order chi connectivity index (χ1) is 9.54. The molecule has 0 radical (unpaired) electrons. The van der Waals surface area contributed by atoms with Crippen molar-refractivity contribution in [1.29, 1.82) is 0 Å². The highest BCUT2D eigenvalue weighted by Crippen LogP contribution is 2.27. The number of hydrogen-bond donors (Lipinski definition) is 1. The van der Waals surface area contributed by atoms with Gasteiger partial charge in [0.1, 0.15) is 0 Å². The van der Waals surface area contributed by atoms with E-state index in [0.717, 1.165) is 22.4 Å². The molecule has 1 amide bonds. The number of rotatable bonds is 1. The molecule has 0 aromatic heterocycles. The molecule has 0 atom stereocenters. The number of nitrogens with two attached hydrogens (primary N) is 1. The molecular formula is C16H15ClN2O. The summed E-state index contributed by atoms with van der Waals surface area (Å²) >= 11 is 6.09. The predicted molar refractivity (Wildman–Crippen MR) is 80.6 cm³/mol. The second-order valence-electron chi connectivity index (χ2n) is 5.15. The minimum absolute atomic E-state index is 0.00155. The molecule has 0 fully saturated rings. The first-order valence-electron chi connectivity index (χ1n) is 6.47. The number of benzene rings is 2. The van der Waals surface area contributed by atoms with E-state index in [-0.39, 0.29) is 5.91 Å². The molecule has 4 heteroatoms. The molecule has 0 saturated heterocycles. The highest BCUT2D eigenvalue weighted by Gasteiger charge is 2.24. The number of nitrogen functional groups attached to an aromatic ring is 1.